The molecule has 1 atom stereocenters. The molecule has 0 saturated heterocycles. The molecule has 0 heterocycles. The van der Waals surface area contributed by atoms with Gasteiger partial charge in [-0.05, 0) is 31.2 Å². The van der Waals surface area contributed by atoms with Crippen molar-refractivity contribution in [3.63, 3.8) is 0 Å². The minimum atomic E-state index is -0.492. The number of amides is 1. The highest BCUT2D eigenvalue weighted by Crippen LogP contribution is 2.16. The number of hydrogen-bond donors (Lipinski definition) is 1. The third-order valence-electron chi connectivity index (χ3n) is 2.84. The van der Waals surface area contributed by atoms with Gasteiger partial charge in [-0.3, -0.25) is 4.79 Å². The number of carbonyl (C=O) groups excluding carboxylic acids is 1. The average molecular weight is 301 g/mol. The highest BCUT2D eigenvalue weighted by molar-refractivity contribution is 7.99. The summed E-state index contributed by atoms with van der Waals surface area (Å²) in [5.74, 6) is 1.46. The van der Waals surface area contributed by atoms with Gasteiger partial charge in [0.15, 0.2) is 6.10 Å². The predicted octanol–water partition coefficient (Wildman–Crippen LogP) is 3.36. The van der Waals surface area contributed by atoms with E-state index in [-0.39, 0.29) is 5.91 Å². The van der Waals surface area contributed by atoms with Crippen LogP contribution in [-0.4, -0.2) is 24.3 Å². The van der Waals surface area contributed by atoms with Crippen LogP contribution in [0.4, 0.5) is 0 Å². The van der Waals surface area contributed by atoms with Crippen LogP contribution in [0.2, 0.25) is 0 Å². The second-order valence-electron chi connectivity index (χ2n) is 4.53. The number of hydrogen-bond acceptors (Lipinski definition) is 3. The molecule has 0 aliphatic carbocycles. The Hall–Kier alpha value is -1.94. The van der Waals surface area contributed by atoms with Crippen LogP contribution in [-0.2, 0) is 4.79 Å². The summed E-state index contributed by atoms with van der Waals surface area (Å²) < 4.78 is 5.57. The standard InChI is InChI=1S/C17H19NO2S/c1-14(20-15-8-4-2-5-9-15)17(19)18-12-13-21-16-10-6-3-7-11-16/h2-11,14H,12-13H2,1H3,(H,18,19)/t14-/m0/s1. The molecular formula is C17H19NO2S. The highest BCUT2D eigenvalue weighted by atomic mass is 32.2. The van der Waals surface area contributed by atoms with E-state index in [1.807, 2.05) is 48.5 Å². The third-order valence-corrected chi connectivity index (χ3v) is 3.85. The highest BCUT2D eigenvalue weighted by Gasteiger charge is 2.13. The van der Waals surface area contributed by atoms with Gasteiger partial charge in [0.2, 0.25) is 0 Å². The van der Waals surface area contributed by atoms with Gasteiger partial charge in [0.05, 0.1) is 0 Å². The lowest BCUT2D eigenvalue weighted by Gasteiger charge is -2.14. The van der Waals surface area contributed by atoms with Crippen molar-refractivity contribution in [2.75, 3.05) is 12.3 Å². The van der Waals surface area contributed by atoms with Crippen molar-refractivity contribution >= 4 is 17.7 Å². The van der Waals surface area contributed by atoms with Gasteiger partial charge in [-0.15, -0.1) is 11.8 Å². The molecule has 1 N–H and O–H groups in total. The van der Waals surface area contributed by atoms with Crippen LogP contribution in [0.5, 0.6) is 5.75 Å². The molecule has 0 radical (unpaired) electrons. The second-order valence-corrected chi connectivity index (χ2v) is 5.69. The van der Waals surface area contributed by atoms with E-state index in [2.05, 4.69) is 17.4 Å². The topological polar surface area (TPSA) is 38.3 Å². The Labute approximate surface area is 129 Å². The Bertz CT molecular complexity index is 545. The fourth-order valence-corrected chi connectivity index (χ4v) is 2.55. The van der Waals surface area contributed by atoms with Crippen LogP contribution in [0.25, 0.3) is 0 Å². The summed E-state index contributed by atoms with van der Waals surface area (Å²) in [7, 11) is 0. The van der Waals surface area contributed by atoms with Gasteiger partial charge < -0.3 is 10.1 Å². The lowest BCUT2D eigenvalue weighted by atomic mass is 10.3. The van der Waals surface area contributed by atoms with Gasteiger partial charge in [-0.25, -0.2) is 0 Å². The molecule has 0 spiro atoms. The van der Waals surface area contributed by atoms with Gasteiger partial charge in [0.25, 0.3) is 5.91 Å². The summed E-state index contributed by atoms with van der Waals surface area (Å²) in [5, 5.41) is 2.89. The summed E-state index contributed by atoms with van der Waals surface area (Å²) >= 11 is 1.72. The smallest absolute Gasteiger partial charge is 0.260 e. The molecule has 4 heteroatoms. The molecule has 2 aromatic rings. The minimum absolute atomic E-state index is 0.0903. The fraction of sp³-hybridized carbons (Fsp3) is 0.235. The maximum Gasteiger partial charge on any atom is 0.260 e. The van der Waals surface area contributed by atoms with E-state index < -0.39 is 6.10 Å². The molecule has 2 aromatic carbocycles. The monoisotopic (exact) mass is 301 g/mol. The summed E-state index contributed by atoms with van der Waals surface area (Å²) in [4.78, 5) is 13.1. The molecule has 1 amide bonds. The summed E-state index contributed by atoms with van der Waals surface area (Å²) in [6, 6.07) is 19.5. The maximum atomic E-state index is 11.9. The van der Waals surface area contributed by atoms with Crippen molar-refractivity contribution in [2.24, 2.45) is 0 Å². The number of carbonyl (C=O) groups is 1. The van der Waals surface area contributed by atoms with Crippen LogP contribution in [0.3, 0.4) is 0 Å². The Morgan fingerprint density at radius 2 is 1.71 bits per heavy atom. The van der Waals surface area contributed by atoms with Crippen LogP contribution in [0.15, 0.2) is 65.6 Å². The van der Waals surface area contributed by atoms with Gasteiger partial charge in [0.1, 0.15) is 5.75 Å². The molecule has 0 aromatic heterocycles. The second kappa shape index (κ2) is 8.37. The Morgan fingerprint density at radius 3 is 2.38 bits per heavy atom. The SMILES string of the molecule is C[C@H](Oc1ccccc1)C(=O)NCCSc1ccccc1. The maximum absolute atomic E-state index is 11.9. The van der Waals surface area contributed by atoms with Crippen LogP contribution >= 0.6 is 11.8 Å². The molecular weight excluding hydrogens is 282 g/mol. The Balaban J connectivity index is 1.67. The molecule has 0 aliphatic heterocycles. The van der Waals surface area contributed by atoms with E-state index in [1.165, 1.54) is 4.90 Å². The number of para-hydroxylation sites is 1. The van der Waals surface area contributed by atoms with E-state index in [4.69, 9.17) is 4.74 Å². The number of ether oxygens (including phenoxy) is 1. The third kappa shape index (κ3) is 5.52. The lowest BCUT2D eigenvalue weighted by molar-refractivity contribution is -0.127. The number of nitrogens with one attached hydrogen (secondary N) is 1. The number of benzene rings is 2. The quantitative estimate of drug-likeness (QED) is 0.629. The molecule has 110 valence electrons. The molecule has 21 heavy (non-hydrogen) atoms. The summed E-state index contributed by atoms with van der Waals surface area (Å²) in [5.41, 5.74) is 0. The largest absolute Gasteiger partial charge is 0.481 e. The van der Waals surface area contributed by atoms with E-state index in [0.717, 1.165) is 5.75 Å². The fourth-order valence-electron chi connectivity index (χ4n) is 1.76. The molecule has 0 fully saturated rings. The molecule has 0 saturated carbocycles. The molecule has 2 rings (SSSR count). The zero-order valence-electron chi connectivity index (χ0n) is 12.0. The van der Waals surface area contributed by atoms with Crippen molar-refractivity contribution in [1.82, 2.24) is 5.32 Å². The van der Waals surface area contributed by atoms with Crippen LogP contribution < -0.4 is 10.1 Å². The normalized spacial score (nSPS) is 11.7. The number of rotatable bonds is 7. The first-order valence-corrected chi connectivity index (χ1v) is 7.91. The van der Waals surface area contributed by atoms with E-state index in [0.29, 0.717) is 12.3 Å². The van der Waals surface area contributed by atoms with Gasteiger partial charge in [-0.2, -0.15) is 0 Å². The van der Waals surface area contributed by atoms with Crippen molar-refractivity contribution in [3.05, 3.63) is 60.7 Å². The molecule has 0 unspecified atom stereocenters. The van der Waals surface area contributed by atoms with Crippen molar-refractivity contribution in [3.8, 4) is 5.75 Å². The Kier molecular flexibility index (Phi) is 6.16. The van der Waals surface area contributed by atoms with Gasteiger partial charge in [-0.1, -0.05) is 36.4 Å². The lowest BCUT2D eigenvalue weighted by Crippen LogP contribution is -2.37. The van der Waals surface area contributed by atoms with Gasteiger partial charge >= 0.3 is 0 Å². The first-order valence-electron chi connectivity index (χ1n) is 6.93. The van der Waals surface area contributed by atoms with Crippen molar-refractivity contribution < 1.29 is 9.53 Å². The molecule has 0 bridgehead atoms. The first-order chi connectivity index (χ1) is 10.3. The first kappa shape index (κ1) is 15.4. The van der Waals surface area contributed by atoms with E-state index in [1.54, 1.807) is 18.7 Å². The zero-order chi connectivity index (χ0) is 14.9. The number of thioether (sulfide) groups is 1. The van der Waals surface area contributed by atoms with Crippen LogP contribution in [0.1, 0.15) is 6.92 Å². The van der Waals surface area contributed by atoms with Crippen molar-refractivity contribution in [2.45, 2.75) is 17.9 Å². The molecule has 0 aliphatic rings. The van der Waals surface area contributed by atoms with Crippen molar-refractivity contribution in [1.29, 1.82) is 0 Å². The van der Waals surface area contributed by atoms with E-state index >= 15 is 0 Å². The summed E-state index contributed by atoms with van der Waals surface area (Å²) in [6.07, 6.45) is -0.492. The minimum Gasteiger partial charge on any atom is -0.481 e. The van der Waals surface area contributed by atoms with E-state index in [9.17, 15) is 4.79 Å². The Morgan fingerprint density at radius 1 is 1.10 bits per heavy atom. The zero-order valence-corrected chi connectivity index (χ0v) is 12.8. The molecule has 3 nitrogen and oxygen atoms in total. The summed E-state index contributed by atoms with van der Waals surface area (Å²) in [6.45, 7) is 2.38. The van der Waals surface area contributed by atoms with Crippen LogP contribution in [0, 0.1) is 0 Å². The average Bonchev–Trinajstić information content (AvgIpc) is 2.53. The predicted molar refractivity (Wildman–Crippen MR) is 86.7 cm³/mol. The van der Waals surface area contributed by atoms with Gasteiger partial charge in [0, 0.05) is 17.2 Å².